The summed E-state index contributed by atoms with van der Waals surface area (Å²) in [7, 11) is 0. The van der Waals surface area contributed by atoms with Crippen LogP contribution in [0, 0.1) is 0 Å². The van der Waals surface area contributed by atoms with Crippen LogP contribution in [0.5, 0.6) is 0 Å². The molecule has 2 heteroatoms. The van der Waals surface area contributed by atoms with Crippen LogP contribution in [-0.2, 0) is 23.7 Å². The van der Waals surface area contributed by atoms with Crippen LogP contribution in [0.2, 0.25) is 0 Å². The maximum Gasteiger partial charge on any atom is 0.0273 e. The van der Waals surface area contributed by atoms with Crippen LogP contribution < -0.4 is 0 Å². The number of nitrogens with zero attached hydrogens (tertiary/aromatic N) is 2. The molecular formula is C48H40N2. The van der Waals surface area contributed by atoms with E-state index in [9.17, 15) is 0 Å². The molecule has 2 aromatic heterocycles. The highest BCUT2D eigenvalue weighted by Gasteiger charge is 2.35. The summed E-state index contributed by atoms with van der Waals surface area (Å²) in [5.41, 5.74) is 15.8. The Morgan fingerprint density at radius 2 is 1.22 bits per heavy atom. The Balaban J connectivity index is 1.18. The van der Waals surface area contributed by atoms with Gasteiger partial charge in [0, 0.05) is 35.6 Å². The zero-order chi connectivity index (χ0) is 33.7. The van der Waals surface area contributed by atoms with Crippen molar-refractivity contribution in [2.24, 2.45) is 0 Å². The normalized spacial score (nSPS) is 20.9. The minimum atomic E-state index is -0.198. The molecule has 242 valence electrons. The molecule has 0 spiro atoms. The van der Waals surface area contributed by atoms with E-state index in [1.54, 1.807) is 0 Å². The standard InChI is InChI=1S/C48H40N2/c1-47(24-19-43-41-15-6-5-13-39(41)40-14-7-8-16-42(40)45(43)32-47)46-18-10-9-17-44(46)38-12-4-3-11-37(38)35-29-34(33-20-25-49-26-21-33)30-48(2,31-35)36-22-27-50-28-23-36/h3-7,9-15,17-30H,8,16,31-32H2,1-2H3. The zero-order valence-corrected chi connectivity index (χ0v) is 28.7. The number of hydrogen-bond donors (Lipinski definition) is 0. The number of hydrogen-bond acceptors (Lipinski definition) is 2. The van der Waals surface area contributed by atoms with E-state index in [4.69, 9.17) is 0 Å². The minimum Gasteiger partial charge on any atom is -0.265 e. The molecule has 0 bridgehead atoms. The van der Waals surface area contributed by atoms with E-state index in [0.29, 0.717) is 0 Å². The van der Waals surface area contributed by atoms with E-state index < -0.39 is 0 Å². The fraction of sp³-hybridized carbons (Fsp3) is 0.167. The monoisotopic (exact) mass is 644 g/mol. The molecule has 2 unspecified atom stereocenters. The lowest BCUT2D eigenvalue weighted by molar-refractivity contribution is 0.585. The second-order valence-electron chi connectivity index (χ2n) is 14.6. The first-order chi connectivity index (χ1) is 24.5. The van der Waals surface area contributed by atoms with E-state index in [1.165, 1.54) is 77.6 Å². The van der Waals surface area contributed by atoms with Crippen LogP contribution >= 0.6 is 0 Å². The third-order valence-corrected chi connectivity index (χ3v) is 11.3. The Bertz CT molecular complexity index is 2390. The topological polar surface area (TPSA) is 25.8 Å². The Labute approximate surface area is 295 Å². The number of rotatable bonds is 5. The molecule has 0 amide bonds. The van der Waals surface area contributed by atoms with Gasteiger partial charge in [-0.15, -0.1) is 0 Å². The van der Waals surface area contributed by atoms with Gasteiger partial charge in [0.15, 0.2) is 0 Å². The van der Waals surface area contributed by atoms with Gasteiger partial charge < -0.3 is 0 Å². The van der Waals surface area contributed by atoms with Crippen LogP contribution in [0.4, 0.5) is 0 Å². The van der Waals surface area contributed by atoms with Crippen molar-refractivity contribution in [3.63, 3.8) is 0 Å². The fourth-order valence-electron chi connectivity index (χ4n) is 8.86. The number of pyridine rings is 2. The SMILES string of the molecule is CC1(c2ccncc2)C=C(c2ccncc2)C=C(c2ccccc2-c2ccccc2C2(C)C=Cc3c(c4c(c5ccccc35)C=CCC4)C2)C1. The van der Waals surface area contributed by atoms with Crippen LogP contribution in [0.3, 0.4) is 0 Å². The largest absolute Gasteiger partial charge is 0.265 e. The van der Waals surface area contributed by atoms with Gasteiger partial charge in [-0.05, 0) is 128 Å². The molecule has 3 aliphatic rings. The Morgan fingerprint density at radius 3 is 1.98 bits per heavy atom. The van der Waals surface area contributed by atoms with E-state index in [1.807, 2.05) is 24.8 Å². The molecule has 0 fully saturated rings. The Hall–Kier alpha value is -5.60. The van der Waals surface area contributed by atoms with E-state index in [2.05, 4.69) is 157 Å². The average Bonchev–Trinajstić information content (AvgIpc) is 3.18. The summed E-state index contributed by atoms with van der Waals surface area (Å²) in [6.45, 7) is 4.80. The van der Waals surface area contributed by atoms with Crippen molar-refractivity contribution in [3.8, 4) is 11.1 Å². The van der Waals surface area contributed by atoms with Crippen molar-refractivity contribution in [1.29, 1.82) is 0 Å². The Morgan fingerprint density at radius 1 is 0.580 bits per heavy atom. The molecule has 0 radical (unpaired) electrons. The van der Waals surface area contributed by atoms with Crippen molar-refractivity contribution in [1.82, 2.24) is 9.97 Å². The van der Waals surface area contributed by atoms with Crippen molar-refractivity contribution in [3.05, 3.63) is 191 Å². The van der Waals surface area contributed by atoms with Crippen LogP contribution in [0.25, 0.3) is 45.2 Å². The fourth-order valence-corrected chi connectivity index (χ4v) is 8.86. The Kier molecular flexibility index (Phi) is 7.35. The number of allylic oxidation sites excluding steroid dienone is 6. The summed E-state index contributed by atoms with van der Waals surface area (Å²) in [5, 5.41) is 2.74. The van der Waals surface area contributed by atoms with Crippen molar-refractivity contribution in [2.45, 2.75) is 50.4 Å². The maximum absolute atomic E-state index is 4.34. The molecule has 4 aromatic carbocycles. The second-order valence-corrected chi connectivity index (χ2v) is 14.6. The van der Waals surface area contributed by atoms with Gasteiger partial charge in [0.25, 0.3) is 0 Å². The molecule has 2 nitrogen and oxygen atoms in total. The summed E-state index contributed by atoms with van der Waals surface area (Å²) in [6, 6.07) is 35.7. The lowest BCUT2D eigenvalue weighted by Gasteiger charge is -2.36. The van der Waals surface area contributed by atoms with Crippen LogP contribution in [0.15, 0.2) is 146 Å². The van der Waals surface area contributed by atoms with Gasteiger partial charge >= 0.3 is 0 Å². The van der Waals surface area contributed by atoms with Crippen LogP contribution in [-0.4, -0.2) is 9.97 Å². The lowest BCUT2D eigenvalue weighted by Crippen LogP contribution is -2.27. The molecule has 9 rings (SSSR count). The third-order valence-electron chi connectivity index (χ3n) is 11.3. The molecule has 0 N–H and O–H groups in total. The highest BCUT2D eigenvalue weighted by atomic mass is 14.6. The molecule has 50 heavy (non-hydrogen) atoms. The van der Waals surface area contributed by atoms with Gasteiger partial charge in [-0.3, -0.25) is 9.97 Å². The van der Waals surface area contributed by atoms with E-state index in [-0.39, 0.29) is 10.8 Å². The smallest absolute Gasteiger partial charge is 0.0273 e. The number of aromatic nitrogens is 2. The predicted octanol–water partition coefficient (Wildman–Crippen LogP) is 11.6. The quantitative estimate of drug-likeness (QED) is 0.187. The molecule has 6 aromatic rings. The number of benzene rings is 4. The van der Waals surface area contributed by atoms with Gasteiger partial charge in [0.2, 0.25) is 0 Å². The lowest BCUT2D eigenvalue weighted by atomic mass is 9.67. The van der Waals surface area contributed by atoms with Crippen molar-refractivity contribution in [2.75, 3.05) is 0 Å². The highest BCUT2D eigenvalue weighted by Crippen LogP contribution is 2.48. The number of fused-ring (bicyclic) bond motifs is 6. The second kappa shape index (κ2) is 12.1. The zero-order valence-electron chi connectivity index (χ0n) is 28.7. The van der Waals surface area contributed by atoms with Gasteiger partial charge in [-0.2, -0.15) is 0 Å². The third kappa shape index (κ3) is 5.10. The van der Waals surface area contributed by atoms with Gasteiger partial charge in [0.1, 0.15) is 0 Å². The maximum atomic E-state index is 4.34. The molecule has 3 aliphatic carbocycles. The molecule has 0 aliphatic heterocycles. The summed E-state index contributed by atoms with van der Waals surface area (Å²) >= 11 is 0. The summed E-state index contributed by atoms with van der Waals surface area (Å²) in [5.74, 6) is 0. The summed E-state index contributed by atoms with van der Waals surface area (Å²) in [4.78, 5) is 8.65. The minimum absolute atomic E-state index is 0.164. The highest BCUT2D eigenvalue weighted by molar-refractivity contribution is 6.00. The first kappa shape index (κ1) is 30.5. The molecule has 2 atom stereocenters. The average molecular weight is 645 g/mol. The first-order valence-electron chi connectivity index (χ1n) is 17.9. The predicted molar refractivity (Wildman–Crippen MR) is 210 cm³/mol. The van der Waals surface area contributed by atoms with E-state index in [0.717, 1.165) is 25.7 Å². The molecule has 0 saturated carbocycles. The van der Waals surface area contributed by atoms with Crippen molar-refractivity contribution >= 4 is 34.1 Å². The van der Waals surface area contributed by atoms with Gasteiger partial charge in [-0.1, -0.05) is 123 Å². The van der Waals surface area contributed by atoms with Gasteiger partial charge in [-0.25, -0.2) is 0 Å². The van der Waals surface area contributed by atoms with Gasteiger partial charge in [0.05, 0.1) is 0 Å². The molecule has 2 heterocycles. The first-order valence-corrected chi connectivity index (χ1v) is 17.9. The van der Waals surface area contributed by atoms with Crippen molar-refractivity contribution < 1.29 is 0 Å². The molecular weight excluding hydrogens is 605 g/mol. The summed E-state index contributed by atoms with van der Waals surface area (Å²) in [6.07, 6.45) is 26.1. The van der Waals surface area contributed by atoms with Crippen LogP contribution in [0.1, 0.15) is 71.2 Å². The summed E-state index contributed by atoms with van der Waals surface area (Å²) < 4.78 is 0. The van der Waals surface area contributed by atoms with E-state index >= 15 is 0 Å². The molecule has 0 saturated heterocycles.